The molecule has 0 aromatic carbocycles. The van der Waals surface area contributed by atoms with Crippen LogP contribution >= 0.6 is 11.3 Å². The van der Waals surface area contributed by atoms with Gasteiger partial charge in [0.15, 0.2) is 0 Å². The Morgan fingerprint density at radius 1 is 1.50 bits per heavy atom. The minimum Gasteiger partial charge on any atom is -0.330 e. The molecule has 0 bridgehead atoms. The lowest BCUT2D eigenvalue weighted by Crippen LogP contribution is -2.37. The van der Waals surface area contributed by atoms with E-state index in [1.54, 1.807) is 11.3 Å². The molecule has 0 amide bonds. The van der Waals surface area contributed by atoms with Crippen LogP contribution in [0.2, 0.25) is 0 Å². The van der Waals surface area contributed by atoms with Gasteiger partial charge < -0.3 is 11.1 Å². The van der Waals surface area contributed by atoms with Crippen molar-refractivity contribution >= 4 is 11.3 Å². The molecule has 0 radical (unpaired) electrons. The van der Waals surface area contributed by atoms with Gasteiger partial charge in [-0.1, -0.05) is 20.8 Å². The van der Waals surface area contributed by atoms with E-state index in [2.05, 4.69) is 31.1 Å². The quantitative estimate of drug-likeness (QED) is 0.769. The highest BCUT2D eigenvalue weighted by Crippen LogP contribution is 2.18. The van der Waals surface area contributed by atoms with Gasteiger partial charge in [-0.2, -0.15) is 0 Å². The Bertz CT molecular complexity index is 305. The van der Waals surface area contributed by atoms with Crippen LogP contribution < -0.4 is 11.1 Å². The number of aryl methyl sites for hydroxylation is 1. The Labute approximate surface area is 102 Å². The van der Waals surface area contributed by atoms with E-state index in [4.69, 9.17) is 5.73 Å². The number of rotatable bonds is 7. The van der Waals surface area contributed by atoms with E-state index < -0.39 is 0 Å². The normalized spacial score (nSPS) is 15.0. The van der Waals surface area contributed by atoms with Gasteiger partial charge in [-0.05, 0) is 24.8 Å². The van der Waals surface area contributed by atoms with Crippen LogP contribution in [0.3, 0.4) is 0 Å². The first-order chi connectivity index (χ1) is 7.63. The Hall–Kier alpha value is -0.450. The van der Waals surface area contributed by atoms with Crippen LogP contribution in [0.25, 0.3) is 0 Å². The van der Waals surface area contributed by atoms with Gasteiger partial charge >= 0.3 is 0 Å². The summed E-state index contributed by atoms with van der Waals surface area (Å²) in [5.41, 5.74) is 5.98. The third kappa shape index (κ3) is 3.85. The zero-order chi connectivity index (χ0) is 12.0. The third-order valence-corrected chi connectivity index (χ3v) is 4.27. The van der Waals surface area contributed by atoms with Crippen molar-refractivity contribution in [1.82, 2.24) is 10.3 Å². The number of nitrogens with two attached hydrogens (primary N) is 1. The van der Waals surface area contributed by atoms with Crippen molar-refractivity contribution in [2.24, 2.45) is 11.1 Å². The van der Waals surface area contributed by atoms with E-state index in [0.29, 0.717) is 0 Å². The van der Waals surface area contributed by atoms with Crippen LogP contribution in [0.15, 0.2) is 6.20 Å². The number of nitrogens with zero attached hydrogens (tertiary/aromatic N) is 1. The summed E-state index contributed by atoms with van der Waals surface area (Å²) < 4.78 is 0. The molecule has 92 valence electrons. The van der Waals surface area contributed by atoms with Crippen LogP contribution in [0.4, 0.5) is 0 Å². The highest BCUT2D eigenvalue weighted by molar-refractivity contribution is 7.11. The topological polar surface area (TPSA) is 50.9 Å². The SMILES string of the molecule is CCc1cnc(CNCC(C)(CC)CN)s1. The Morgan fingerprint density at radius 3 is 2.75 bits per heavy atom. The molecule has 3 N–H and O–H groups in total. The monoisotopic (exact) mass is 241 g/mol. The molecule has 0 aliphatic heterocycles. The third-order valence-electron chi connectivity index (χ3n) is 3.12. The average molecular weight is 241 g/mol. The minimum atomic E-state index is 0.213. The van der Waals surface area contributed by atoms with Crippen molar-refractivity contribution in [2.45, 2.75) is 40.2 Å². The van der Waals surface area contributed by atoms with E-state index >= 15 is 0 Å². The van der Waals surface area contributed by atoms with Crippen LogP contribution in [-0.2, 0) is 13.0 Å². The predicted molar refractivity (Wildman–Crippen MR) is 70.7 cm³/mol. The lowest BCUT2D eigenvalue weighted by molar-refractivity contribution is 0.303. The first-order valence-electron chi connectivity index (χ1n) is 5.98. The molecular weight excluding hydrogens is 218 g/mol. The summed E-state index contributed by atoms with van der Waals surface area (Å²) in [4.78, 5) is 5.74. The molecule has 16 heavy (non-hydrogen) atoms. The molecule has 0 saturated heterocycles. The van der Waals surface area contributed by atoms with Gasteiger partial charge in [0.05, 0.1) is 0 Å². The van der Waals surface area contributed by atoms with Crippen LogP contribution in [-0.4, -0.2) is 18.1 Å². The van der Waals surface area contributed by atoms with Gasteiger partial charge in [-0.25, -0.2) is 4.98 Å². The lowest BCUT2D eigenvalue weighted by Gasteiger charge is -2.26. The molecule has 1 aromatic heterocycles. The zero-order valence-electron chi connectivity index (χ0n) is 10.5. The predicted octanol–water partition coefficient (Wildman–Crippen LogP) is 2.17. The molecule has 1 unspecified atom stereocenters. The summed E-state index contributed by atoms with van der Waals surface area (Å²) in [5.74, 6) is 0. The Balaban J connectivity index is 2.35. The number of aromatic nitrogens is 1. The second kappa shape index (κ2) is 6.33. The van der Waals surface area contributed by atoms with Gasteiger partial charge in [0.1, 0.15) is 5.01 Å². The minimum absolute atomic E-state index is 0.213. The highest BCUT2D eigenvalue weighted by Gasteiger charge is 2.19. The van der Waals surface area contributed by atoms with Gasteiger partial charge in [0, 0.05) is 24.2 Å². The number of hydrogen-bond donors (Lipinski definition) is 2. The molecule has 3 nitrogen and oxygen atoms in total. The van der Waals surface area contributed by atoms with Gasteiger partial charge in [0.2, 0.25) is 0 Å². The van der Waals surface area contributed by atoms with Crippen LogP contribution in [0.1, 0.15) is 37.1 Å². The summed E-state index contributed by atoms with van der Waals surface area (Å²) in [6.45, 7) is 9.12. The van der Waals surface area contributed by atoms with Gasteiger partial charge in [-0.3, -0.25) is 0 Å². The second-order valence-electron chi connectivity index (χ2n) is 4.55. The first-order valence-corrected chi connectivity index (χ1v) is 6.79. The van der Waals surface area contributed by atoms with Crippen molar-refractivity contribution < 1.29 is 0 Å². The summed E-state index contributed by atoms with van der Waals surface area (Å²) in [7, 11) is 0. The van der Waals surface area contributed by atoms with Crippen molar-refractivity contribution in [3.05, 3.63) is 16.1 Å². The fraction of sp³-hybridized carbons (Fsp3) is 0.750. The molecule has 1 aromatic rings. The molecule has 0 spiro atoms. The molecule has 1 rings (SSSR count). The van der Waals surface area contributed by atoms with Crippen molar-refractivity contribution in [3.8, 4) is 0 Å². The van der Waals surface area contributed by atoms with Crippen LogP contribution in [0.5, 0.6) is 0 Å². The Kier molecular flexibility index (Phi) is 5.38. The fourth-order valence-electron chi connectivity index (χ4n) is 1.41. The van der Waals surface area contributed by atoms with E-state index in [1.807, 2.05) is 6.20 Å². The van der Waals surface area contributed by atoms with E-state index in [1.165, 1.54) is 9.88 Å². The number of hydrogen-bond acceptors (Lipinski definition) is 4. The van der Waals surface area contributed by atoms with Crippen LogP contribution in [0, 0.1) is 5.41 Å². The summed E-state index contributed by atoms with van der Waals surface area (Å²) in [5, 5.41) is 4.62. The molecule has 0 saturated carbocycles. The molecular formula is C12H23N3S. The van der Waals surface area contributed by atoms with Crippen molar-refractivity contribution in [1.29, 1.82) is 0 Å². The smallest absolute Gasteiger partial charge is 0.107 e. The summed E-state index contributed by atoms with van der Waals surface area (Å²) in [6, 6.07) is 0. The van der Waals surface area contributed by atoms with E-state index in [-0.39, 0.29) is 5.41 Å². The molecule has 1 heterocycles. The van der Waals surface area contributed by atoms with E-state index in [0.717, 1.165) is 32.5 Å². The maximum Gasteiger partial charge on any atom is 0.107 e. The number of nitrogens with one attached hydrogen (secondary N) is 1. The molecule has 1 atom stereocenters. The molecule has 0 aliphatic carbocycles. The standard InChI is InChI=1S/C12H23N3S/c1-4-10-6-15-11(16-10)7-14-9-12(3,5-2)8-13/h6,14H,4-5,7-9,13H2,1-3H3. The van der Waals surface area contributed by atoms with Gasteiger partial charge in [-0.15, -0.1) is 11.3 Å². The maximum atomic E-state index is 5.77. The number of thiazole rings is 1. The highest BCUT2D eigenvalue weighted by atomic mass is 32.1. The summed E-state index contributed by atoms with van der Waals surface area (Å²) >= 11 is 1.79. The Morgan fingerprint density at radius 2 is 2.25 bits per heavy atom. The van der Waals surface area contributed by atoms with E-state index in [9.17, 15) is 0 Å². The lowest BCUT2D eigenvalue weighted by atomic mass is 9.88. The van der Waals surface area contributed by atoms with Crippen molar-refractivity contribution in [3.63, 3.8) is 0 Å². The van der Waals surface area contributed by atoms with Gasteiger partial charge in [0.25, 0.3) is 0 Å². The first kappa shape index (κ1) is 13.6. The summed E-state index contributed by atoms with van der Waals surface area (Å²) in [6.07, 6.45) is 4.16. The fourth-order valence-corrected chi connectivity index (χ4v) is 2.24. The molecule has 4 heteroatoms. The second-order valence-corrected chi connectivity index (χ2v) is 5.75. The zero-order valence-corrected chi connectivity index (χ0v) is 11.4. The van der Waals surface area contributed by atoms with Crippen molar-refractivity contribution in [2.75, 3.05) is 13.1 Å². The average Bonchev–Trinajstić information content (AvgIpc) is 2.77. The largest absolute Gasteiger partial charge is 0.330 e. The molecule has 0 fully saturated rings. The maximum absolute atomic E-state index is 5.77. The molecule has 0 aliphatic rings.